The predicted octanol–water partition coefficient (Wildman–Crippen LogP) is 2.67. The van der Waals surface area contributed by atoms with E-state index in [4.69, 9.17) is 10.9 Å². The van der Waals surface area contributed by atoms with Gasteiger partial charge in [-0.1, -0.05) is 5.16 Å². The number of hydrogen-bond acceptors (Lipinski definition) is 3. The lowest BCUT2D eigenvalue weighted by Gasteiger charge is -2.30. The minimum atomic E-state index is -0.336. The number of fused-ring (bicyclic) bond motifs is 2. The van der Waals surface area contributed by atoms with Crippen molar-refractivity contribution in [1.82, 2.24) is 0 Å². The van der Waals surface area contributed by atoms with E-state index >= 15 is 0 Å². The maximum absolute atomic E-state index is 14.5. The molecule has 0 amide bonds. The normalized spacial score (nSPS) is 26.2. The Morgan fingerprint density at radius 1 is 1.47 bits per heavy atom. The van der Waals surface area contributed by atoms with Crippen molar-refractivity contribution >= 4 is 27.5 Å². The summed E-state index contributed by atoms with van der Waals surface area (Å²) in [6, 6.07) is 3.86. The summed E-state index contributed by atoms with van der Waals surface area (Å²) in [6.45, 7) is 0.928. The monoisotopic (exact) mass is 327 g/mol. The molecular weight excluding hydrogens is 313 g/mol. The highest BCUT2D eigenvalue weighted by atomic mass is 79.9. The Morgan fingerprint density at radius 3 is 2.84 bits per heavy atom. The van der Waals surface area contributed by atoms with Gasteiger partial charge in [0.15, 0.2) is 11.7 Å². The van der Waals surface area contributed by atoms with Gasteiger partial charge in [0.25, 0.3) is 0 Å². The molecule has 1 aromatic carbocycles. The van der Waals surface area contributed by atoms with Crippen molar-refractivity contribution in [3.05, 3.63) is 28.0 Å². The van der Waals surface area contributed by atoms with E-state index in [2.05, 4.69) is 26.0 Å². The van der Waals surface area contributed by atoms with Crippen molar-refractivity contribution < 1.29 is 9.60 Å². The molecule has 0 spiro atoms. The summed E-state index contributed by atoms with van der Waals surface area (Å²) in [5.41, 5.74) is 6.49. The van der Waals surface area contributed by atoms with Gasteiger partial charge in [0, 0.05) is 18.2 Å². The Morgan fingerprint density at radius 2 is 2.26 bits per heavy atom. The molecular formula is C13H15BrFN3O. The molecule has 2 bridgehead atoms. The number of nitrogens with zero attached hydrogens (tertiary/aromatic N) is 2. The molecule has 2 aliphatic rings. The van der Waals surface area contributed by atoms with Gasteiger partial charge >= 0.3 is 0 Å². The highest BCUT2D eigenvalue weighted by molar-refractivity contribution is 9.10. The van der Waals surface area contributed by atoms with Crippen LogP contribution >= 0.6 is 15.9 Å². The van der Waals surface area contributed by atoms with Crippen molar-refractivity contribution in [2.75, 3.05) is 11.4 Å². The number of benzene rings is 1. The molecule has 2 atom stereocenters. The Balaban J connectivity index is 1.98. The van der Waals surface area contributed by atoms with Crippen molar-refractivity contribution in [3.8, 4) is 0 Å². The van der Waals surface area contributed by atoms with Crippen LogP contribution in [-0.2, 0) is 0 Å². The first-order chi connectivity index (χ1) is 9.11. The summed E-state index contributed by atoms with van der Waals surface area (Å²) >= 11 is 3.20. The van der Waals surface area contributed by atoms with Crippen molar-refractivity contribution in [2.24, 2.45) is 16.8 Å². The quantitative estimate of drug-likeness (QED) is 0.380. The summed E-state index contributed by atoms with van der Waals surface area (Å²) in [4.78, 5) is 2.14. The van der Waals surface area contributed by atoms with Crippen LogP contribution in [-0.4, -0.2) is 23.6 Å². The van der Waals surface area contributed by atoms with Gasteiger partial charge < -0.3 is 15.8 Å². The molecule has 1 aromatic rings. The minimum Gasteiger partial charge on any atom is -0.409 e. The zero-order valence-electron chi connectivity index (χ0n) is 10.3. The van der Waals surface area contributed by atoms with E-state index in [0.29, 0.717) is 23.2 Å². The lowest BCUT2D eigenvalue weighted by molar-refractivity contribution is 0.318. The third-order valence-corrected chi connectivity index (χ3v) is 4.94. The number of rotatable bonds is 2. The summed E-state index contributed by atoms with van der Waals surface area (Å²) in [7, 11) is 0. The van der Waals surface area contributed by atoms with Gasteiger partial charge in [-0.05, 0) is 53.2 Å². The Kier molecular flexibility index (Phi) is 3.12. The third-order valence-electron chi connectivity index (χ3n) is 4.16. The van der Waals surface area contributed by atoms with Crippen LogP contribution in [0.3, 0.4) is 0 Å². The van der Waals surface area contributed by atoms with Crippen molar-refractivity contribution in [2.45, 2.75) is 25.3 Å². The van der Waals surface area contributed by atoms with Gasteiger partial charge in [-0.3, -0.25) is 0 Å². The van der Waals surface area contributed by atoms with Gasteiger partial charge in [-0.2, -0.15) is 0 Å². The zero-order valence-corrected chi connectivity index (χ0v) is 11.9. The van der Waals surface area contributed by atoms with Gasteiger partial charge in [0.05, 0.1) is 10.2 Å². The van der Waals surface area contributed by atoms with E-state index < -0.39 is 0 Å². The van der Waals surface area contributed by atoms with Crippen LogP contribution in [0.4, 0.5) is 10.1 Å². The van der Waals surface area contributed by atoms with Crippen LogP contribution in [0, 0.1) is 11.7 Å². The van der Waals surface area contributed by atoms with E-state index in [-0.39, 0.29) is 16.1 Å². The maximum atomic E-state index is 14.5. The first-order valence-corrected chi connectivity index (χ1v) is 7.13. The van der Waals surface area contributed by atoms with E-state index in [9.17, 15) is 4.39 Å². The number of amidine groups is 1. The summed E-state index contributed by atoms with van der Waals surface area (Å²) < 4.78 is 14.7. The summed E-state index contributed by atoms with van der Waals surface area (Å²) in [5.74, 6) is 0.267. The van der Waals surface area contributed by atoms with Crippen LogP contribution in [0.25, 0.3) is 0 Å². The van der Waals surface area contributed by atoms with Crippen molar-refractivity contribution in [1.29, 1.82) is 0 Å². The average molecular weight is 328 g/mol. The summed E-state index contributed by atoms with van der Waals surface area (Å²) in [5, 5.41) is 11.6. The number of hydrogen-bond donors (Lipinski definition) is 2. The first-order valence-electron chi connectivity index (χ1n) is 6.34. The average Bonchev–Trinajstić information content (AvgIpc) is 3.03. The van der Waals surface area contributed by atoms with Crippen LogP contribution in [0.5, 0.6) is 0 Å². The molecule has 1 saturated carbocycles. The molecule has 0 aromatic heterocycles. The smallest absolute Gasteiger partial charge is 0.171 e. The van der Waals surface area contributed by atoms with Crippen LogP contribution < -0.4 is 10.6 Å². The fourth-order valence-corrected chi connectivity index (χ4v) is 3.77. The molecule has 0 radical (unpaired) electrons. The number of oxime groups is 1. The predicted molar refractivity (Wildman–Crippen MR) is 75.1 cm³/mol. The number of anilines is 1. The third kappa shape index (κ3) is 1.98. The molecule has 2 fully saturated rings. The highest BCUT2D eigenvalue weighted by Crippen LogP contribution is 2.42. The lowest BCUT2D eigenvalue weighted by atomic mass is 10.1. The molecule has 1 aliphatic carbocycles. The summed E-state index contributed by atoms with van der Waals surface area (Å²) in [6.07, 6.45) is 3.56. The van der Waals surface area contributed by atoms with Gasteiger partial charge in [-0.25, -0.2) is 4.39 Å². The molecule has 2 unspecified atom stereocenters. The number of piperidine rings is 1. The molecule has 6 heteroatoms. The fraction of sp³-hybridized carbons (Fsp3) is 0.462. The highest BCUT2D eigenvalue weighted by Gasteiger charge is 2.39. The molecule has 102 valence electrons. The van der Waals surface area contributed by atoms with Crippen molar-refractivity contribution in [3.63, 3.8) is 0 Å². The fourth-order valence-electron chi connectivity index (χ4n) is 3.23. The van der Waals surface area contributed by atoms with Gasteiger partial charge in [0.1, 0.15) is 0 Å². The van der Waals surface area contributed by atoms with Gasteiger partial charge in [-0.15, -0.1) is 0 Å². The SMILES string of the molecule is N/C(=N/O)c1ccc(N2CC3CCC2C3)c(F)c1Br. The standard InChI is InChI=1S/C13H15BrFN3O/c14-11-9(13(16)17-19)3-4-10(12(11)15)18-6-7-1-2-8(18)5-7/h3-4,7-8,19H,1-2,5-6H2,(H2,16,17). The van der Waals surface area contributed by atoms with Crippen LogP contribution in [0.1, 0.15) is 24.8 Å². The minimum absolute atomic E-state index is 0.0970. The van der Waals surface area contributed by atoms with E-state index in [1.54, 1.807) is 12.1 Å². The largest absolute Gasteiger partial charge is 0.409 e. The number of nitrogens with two attached hydrogens (primary N) is 1. The van der Waals surface area contributed by atoms with E-state index in [1.807, 2.05) is 0 Å². The molecule has 3 rings (SSSR count). The molecule has 3 N–H and O–H groups in total. The second-order valence-corrected chi connectivity index (χ2v) is 6.02. The lowest BCUT2D eigenvalue weighted by Crippen LogP contribution is -2.32. The van der Waals surface area contributed by atoms with Gasteiger partial charge in [0.2, 0.25) is 0 Å². The Hall–Kier alpha value is -1.30. The Bertz CT molecular complexity index is 549. The molecule has 1 heterocycles. The second kappa shape index (κ2) is 4.67. The molecule has 1 aliphatic heterocycles. The van der Waals surface area contributed by atoms with Crippen LogP contribution in [0.2, 0.25) is 0 Å². The van der Waals surface area contributed by atoms with E-state index in [0.717, 1.165) is 13.0 Å². The maximum Gasteiger partial charge on any atom is 0.171 e. The first kappa shape index (κ1) is 12.7. The molecule has 19 heavy (non-hydrogen) atoms. The molecule has 4 nitrogen and oxygen atoms in total. The zero-order chi connectivity index (χ0) is 13.6. The Labute approximate surface area is 119 Å². The second-order valence-electron chi connectivity index (χ2n) is 5.23. The van der Waals surface area contributed by atoms with Crippen LogP contribution in [0.15, 0.2) is 21.8 Å². The topological polar surface area (TPSA) is 61.9 Å². The number of halogens is 2. The van der Waals surface area contributed by atoms with E-state index in [1.165, 1.54) is 12.8 Å². The molecule has 1 saturated heterocycles.